The normalized spacial score (nSPS) is 19.0. The molecule has 0 saturated carbocycles. The molecule has 0 aliphatic carbocycles. The second-order valence-corrected chi connectivity index (χ2v) is 5.62. The van der Waals surface area contributed by atoms with Gasteiger partial charge in [0.2, 0.25) is 5.89 Å². The minimum absolute atomic E-state index is 0.282. The van der Waals surface area contributed by atoms with Crippen molar-refractivity contribution in [2.24, 2.45) is 5.92 Å². The molecule has 0 unspecified atom stereocenters. The maximum absolute atomic E-state index is 10.9. The number of hydrogen-bond acceptors (Lipinski definition) is 4. The Morgan fingerprint density at radius 1 is 1.43 bits per heavy atom. The van der Waals surface area contributed by atoms with Crippen molar-refractivity contribution in [3.8, 4) is 11.3 Å². The molecule has 0 amide bonds. The molecule has 0 spiro atoms. The highest BCUT2D eigenvalue weighted by molar-refractivity contribution is 6.30. The summed E-state index contributed by atoms with van der Waals surface area (Å²) in [6, 6.07) is 7.36. The lowest BCUT2D eigenvalue weighted by Crippen LogP contribution is -2.22. The minimum atomic E-state index is -0.730. The third kappa shape index (κ3) is 3.25. The summed E-state index contributed by atoms with van der Waals surface area (Å²) in [6.45, 7) is 1.85. The fraction of sp³-hybridized carbons (Fsp3) is 0.333. The molecule has 110 valence electrons. The van der Waals surface area contributed by atoms with Gasteiger partial charge in [-0.25, -0.2) is 4.98 Å². The zero-order valence-corrected chi connectivity index (χ0v) is 12.1. The van der Waals surface area contributed by atoms with Gasteiger partial charge in [-0.15, -0.1) is 0 Å². The molecule has 5 nitrogen and oxygen atoms in total. The molecule has 1 aliphatic heterocycles. The van der Waals surface area contributed by atoms with E-state index in [1.807, 2.05) is 12.1 Å². The molecule has 1 aromatic carbocycles. The first-order chi connectivity index (χ1) is 10.1. The summed E-state index contributed by atoms with van der Waals surface area (Å²) in [7, 11) is 0. The van der Waals surface area contributed by atoms with Gasteiger partial charge in [0, 0.05) is 17.1 Å². The van der Waals surface area contributed by atoms with Crippen LogP contribution in [0.25, 0.3) is 11.3 Å². The topological polar surface area (TPSA) is 66.6 Å². The lowest BCUT2D eigenvalue weighted by atomic mass is 10.1. The summed E-state index contributed by atoms with van der Waals surface area (Å²) >= 11 is 5.86. The number of carbonyl (C=O) groups is 1. The molecule has 1 fully saturated rings. The first-order valence-corrected chi connectivity index (χ1v) is 7.15. The van der Waals surface area contributed by atoms with E-state index in [0.717, 1.165) is 12.1 Å². The van der Waals surface area contributed by atoms with Crippen LogP contribution in [0, 0.1) is 5.92 Å². The van der Waals surface area contributed by atoms with Crippen molar-refractivity contribution in [1.29, 1.82) is 0 Å². The van der Waals surface area contributed by atoms with E-state index in [1.54, 1.807) is 18.3 Å². The lowest BCUT2D eigenvalue weighted by molar-refractivity contribution is -0.141. The number of hydrogen-bond donors (Lipinski definition) is 1. The van der Waals surface area contributed by atoms with Crippen molar-refractivity contribution in [3.05, 3.63) is 41.4 Å². The Morgan fingerprint density at radius 3 is 2.86 bits per heavy atom. The Bertz CT molecular complexity index is 639. The molecule has 3 rings (SSSR count). The van der Waals surface area contributed by atoms with E-state index in [0.29, 0.717) is 36.2 Å². The van der Waals surface area contributed by atoms with Gasteiger partial charge in [-0.3, -0.25) is 9.69 Å². The monoisotopic (exact) mass is 306 g/mol. The van der Waals surface area contributed by atoms with Crippen LogP contribution in [-0.2, 0) is 11.3 Å². The number of likely N-dealkylation sites (tertiary alicyclic amines) is 1. The zero-order valence-electron chi connectivity index (χ0n) is 11.3. The van der Waals surface area contributed by atoms with Gasteiger partial charge in [0.1, 0.15) is 0 Å². The Hall–Kier alpha value is -1.85. The van der Waals surface area contributed by atoms with Gasteiger partial charge in [0.15, 0.2) is 5.76 Å². The predicted octanol–water partition coefficient (Wildman–Crippen LogP) is 2.90. The maximum atomic E-state index is 10.9. The van der Waals surface area contributed by atoms with E-state index in [-0.39, 0.29) is 5.92 Å². The van der Waals surface area contributed by atoms with Crippen LogP contribution in [0.4, 0.5) is 0 Å². The fourth-order valence-electron chi connectivity index (χ4n) is 2.50. The molecular formula is C15H15ClN2O3. The Morgan fingerprint density at radius 2 is 2.19 bits per heavy atom. The van der Waals surface area contributed by atoms with Crippen LogP contribution >= 0.6 is 11.6 Å². The molecular weight excluding hydrogens is 292 g/mol. The summed E-state index contributed by atoms with van der Waals surface area (Å²) in [5.41, 5.74) is 0.919. The van der Waals surface area contributed by atoms with Gasteiger partial charge in [-0.1, -0.05) is 11.6 Å². The van der Waals surface area contributed by atoms with E-state index in [9.17, 15) is 4.79 Å². The zero-order chi connectivity index (χ0) is 14.8. The highest BCUT2D eigenvalue weighted by Crippen LogP contribution is 2.24. The summed E-state index contributed by atoms with van der Waals surface area (Å²) in [5.74, 6) is 0.282. The molecule has 1 atom stereocenters. The Kier molecular flexibility index (Phi) is 3.94. The molecule has 6 heteroatoms. The molecule has 21 heavy (non-hydrogen) atoms. The minimum Gasteiger partial charge on any atom is -0.481 e. The number of oxazole rings is 1. The smallest absolute Gasteiger partial charge is 0.307 e. The summed E-state index contributed by atoms with van der Waals surface area (Å²) < 4.78 is 5.72. The fourth-order valence-corrected chi connectivity index (χ4v) is 2.63. The second kappa shape index (κ2) is 5.87. The van der Waals surface area contributed by atoms with Crippen LogP contribution in [0.2, 0.25) is 5.02 Å². The quantitative estimate of drug-likeness (QED) is 0.940. The molecule has 1 aromatic heterocycles. The van der Waals surface area contributed by atoms with E-state index < -0.39 is 5.97 Å². The first kappa shape index (κ1) is 14.1. The summed E-state index contributed by atoms with van der Waals surface area (Å²) in [6.07, 6.45) is 2.36. The van der Waals surface area contributed by atoms with E-state index in [2.05, 4.69) is 9.88 Å². The number of aromatic nitrogens is 1. The van der Waals surface area contributed by atoms with Gasteiger partial charge < -0.3 is 9.52 Å². The lowest BCUT2D eigenvalue weighted by Gasteiger charge is -2.11. The van der Waals surface area contributed by atoms with Crippen molar-refractivity contribution < 1.29 is 14.3 Å². The molecule has 1 N–H and O–H groups in total. The first-order valence-electron chi connectivity index (χ1n) is 6.77. The summed E-state index contributed by atoms with van der Waals surface area (Å²) in [5, 5.41) is 9.67. The van der Waals surface area contributed by atoms with Gasteiger partial charge in [0.05, 0.1) is 18.7 Å². The number of rotatable bonds is 4. The van der Waals surface area contributed by atoms with Crippen LogP contribution in [0.5, 0.6) is 0 Å². The predicted molar refractivity (Wildman–Crippen MR) is 78.0 cm³/mol. The number of nitrogens with zero attached hydrogens (tertiary/aromatic N) is 2. The maximum Gasteiger partial charge on any atom is 0.307 e. The van der Waals surface area contributed by atoms with E-state index in [4.69, 9.17) is 21.1 Å². The van der Waals surface area contributed by atoms with Gasteiger partial charge in [-0.05, 0) is 37.2 Å². The Labute approximate surface area is 127 Å². The highest BCUT2D eigenvalue weighted by atomic mass is 35.5. The molecule has 1 aliphatic rings. The van der Waals surface area contributed by atoms with Crippen LogP contribution in [0.3, 0.4) is 0 Å². The molecule has 2 heterocycles. The standard InChI is InChI=1S/C15H15ClN2O3/c16-12-3-1-10(2-4-12)13-7-17-14(21-13)9-18-6-5-11(8-18)15(19)20/h1-4,7,11H,5-6,8-9H2,(H,19,20)/t11-/m0/s1. The van der Waals surface area contributed by atoms with Crippen molar-refractivity contribution >= 4 is 17.6 Å². The largest absolute Gasteiger partial charge is 0.481 e. The van der Waals surface area contributed by atoms with Crippen molar-refractivity contribution in [1.82, 2.24) is 9.88 Å². The second-order valence-electron chi connectivity index (χ2n) is 5.18. The molecule has 0 bridgehead atoms. The average molecular weight is 307 g/mol. The number of halogens is 1. The third-order valence-corrected chi connectivity index (χ3v) is 3.91. The van der Waals surface area contributed by atoms with Gasteiger partial charge >= 0.3 is 5.97 Å². The molecule has 0 radical (unpaired) electrons. The van der Waals surface area contributed by atoms with E-state index >= 15 is 0 Å². The van der Waals surface area contributed by atoms with Crippen LogP contribution < -0.4 is 0 Å². The van der Waals surface area contributed by atoms with Crippen LogP contribution in [0.15, 0.2) is 34.9 Å². The van der Waals surface area contributed by atoms with Crippen LogP contribution in [0.1, 0.15) is 12.3 Å². The molecule has 2 aromatic rings. The summed E-state index contributed by atoms with van der Waals surface area (Å²) in [4.78, 5) is 17.3. The van der Waals surface area contributed by atoms with Gasteiger partial charge in [0.25, 0.3) is 0 Å². The SMILES string of the molecule is O=C(O)[C@H]1CCN(Cc2ncc(-c3ccc(Cl)cc3)o2)C1. The number of aliphatic carboxylic acids is 1. The average Bonchev–Trinajstić information content (AvgIpc) is 3.10. The highest BCUT2D eigenvalue weighted by Gasteiger charge is 2.28. The number of benzene rings is 1. The Balaban J connectivity index is 1.66. The van der Waals surface area contributed by atoms with E-state index in [1.165, 1.54) is 0 Å². The number of carboxylic acid groups (broad SMARTS) is 1. The number of carboxylic acids is 1. The molecule has 1 saturated heterocycles. The van der Waals surface area contributed by atoms with Crippen molar-refractivity contribution in [2.45, 2.75) is 13.0 Å². The van der Waals surface area contributed by atoms with Crippen molar-refractivity contribution in [2.75, 3.05) is 13.1 Å². The van der Waals surface area contributed by atoms with Crippen molar-refractivity contribution in [3.63, 3.8) is 0 Å². The van der Waals surface area contributed by atoms with Crippen LogP contribution in [-0.4, -0.2) is 34.0 Å². The van der Waals surface area contributed by atoms with Gasteiger partial charge in [-0.2, -0.15) is 0 Å². The third-order valence-electron chi connectivity index (χ3n) is 3.66.